The topological polar surface area (TPSA) is 40.7 Å². The maximum Gasteiger partial charge on any atom is 0.406 e. The number of halogens is 3. The van der Waals surface area contributed by atoms with Crippen molar-refractivity contribution in [2.45, 2.75) is 31.1 Å². The summed E-state index contributed by atoms with van der Waals surface area (Å²) in [4.78, 5) is 6.48. The van der Waals surface area contributed by atoms with Crippen LogP contribution in [0.2, 0.25) is 0 Å². The Labute approximate surface area is 78.7 Å². The van der Waals surface area contributed by atoms with E-state index in [2.05, 4.69) is 15.3 Å². The highest BCUT2D eigenvalue weighted by atomic mass is 19.4. The van der Waals surface area contributed by atoms with E-state index in [9.17, 15) is 13.2 Å². The molecule has 0 aromatic carbocycles. The highest BCUT2D eigenvalue weighted by Gasteiger charge is 2.62. The van der Waals surface area contributed by atoms with Crippen LogP contribution in [0.15, 0.2) is 12.5 Å². The lowest BCUT2D eigenvalue weighted by atomic mass is 10.2. The van der Waals surface area contributed by atoms with Gasteiger partial charge in [0.25, 0.3) is 0 Å². The fraction of sp³-hybridized carbons (Fsp3) is 0.625. The van der Waals surface area contributed by atoms with E-state index in [4.69, 9.17) is 0 Å². The van der Waals surface area contributed by atoms with Gasteiger partial charge in [0.05, 0.1) is 6.33 Å². The first-order valence-corrected chi connectivity index (χ1v) is 4.32. The molecule has 2 rings (SSSR count). The van der Waals surface area contributed by atoms with Gasteiger partial charge in [-0.1, -0.05) is 0 Å². The summed E-state index contributed by atoms with van der Waals surface area (Å²) < 4.78 is 37.3. The van der Waals surface area contributed by atoms with Gasteiger partial charge in [-0.25, -0.2) is 4.98 Å². The van der Waals surface area contributed by atoms with Gasteiger partial charge in [0.1, 0.15) is 5.54 Å². The third-order valence-corrected chi connectivity index (χ3v) is 2.46. The fourth-order valence-corrected chi connectivity index (χ4v) is 1.33. The van der Waals surface area contributed by atoms with Gasteiger partial charge in [-0.05, 0) is 12.8 Å². The van der Waals surface area contributed by atoms with Crippen LogP contribution in [0.1, 0.15) is 18.5 Å². The molecule has 1 heterocycles. The Morgan fingerprint density at radius 1 is 1.50 bits per heavy atom. The Balaban J connectivity index is 1.93. The van der Waals surface area contributed by atoms with E-state index in [0.717, 1.165) is 0 Å². The third-order valence-electron chi connectivity index (χ3n) is 2.46. The molecule has 6 heteroatoms. The Morgan fingerprint density at radius 2 is 2.21 bits per heavy atom. The molecule has 2 N–H and O–H groups in total. The molecule has 0 radical (unpaired) electrons. The third kappa shape index (κ3) is 1.61. The van der Waals surface area contributed by atoms with E-state index in [1.165, 1.54) is 12.5 Å². The number of rotatable bonds is 3. The van der Waals surface area contributed by atoms with Gasteiger partial charge >= 0.3 is 6.18 Å². The van der Waals surface area contributed by atoms with Gasteiger partial charge in [-0.15, -0.1) is 0 Å². The largest absolute Gasteiger partial charge is 0.406 e. The van der Waals surface area contributed by atoms with E-state index in [1.807, 2.05) is 0 Å². The van der Waals surface area contributed by atoms with Crippen molar-refractivity contribution in [1.82, 2.24) is 15.3 Å². The molecule has 0 spiro atoms. The standard InChI is InChI=1S/C8H10F3N3/c9-8(10,11)7(1-2-7)14-4-6-3-12-5-13-6/h3,5,14H,1-2,4H2,(H,12,13). The zero-order valence-electron chi connectivity index (χ0n) is 7.36. The molecule has 0 amide bonds. The molecule has 1 aromatic rings. The summed E-state index contributed by atoms with van der Waals surface area (Å²) in [7, 11) is 0. The zero-order valence-corrected chi connectivity index (χ0v) is 7.36. The molecule has 1 fully saturated rings. The monoisotopic (exact) mass is 205 g/mol. The number of nitrogens with one attached hydrogen (secondary N) is 2. The van der Waals surface area contributed by atoms with Crippen LogP contribution in [-0.4, -0.2) is 21.7 Å². The number of imidazole rings is 1. The number of hydrogen-bond donors (Lipinski definition) is 2. The van der Waals surface area contributed by atoms with E-state index in [0.29, 0.717) is 5.69 Å². The molecule has 3 nitrogen and oxygen atoms in total. The van der Waals surface area contributed by atoms with Crippen molar-refractivity contribution in [2.75, 3.05) is 0 Å². The minimum absolute atomic E-state index is 0.171. The van der Waals surface area contributed by atoms with Crippen LogP contribution in [0.5, 0.6) is 0 Å². The average molecular weight is 205 g/mol. The smallest absolute Gasteiger partial charge is 0.347 e. The van der Waals surface area contributed by atoms with Crippen LogP contribution in [-0.2, 0) is 6.54 Å². The Kier molecular flexibility index (Phi) is 2.02. The van der Waals surface area contributed by atoms with Crippen LogP contribution >= 0.6 is 0 Å². The predicted octanol–water partition coefficient (Wildman–Crippen LogP) is 1.59. The summed E-state index contributed by atoms with van der Waals surface area (Å²) in [6.45, 7) is 0.180. The molecule has 0 unspecified atom stereocenters. The summed E-state index contributed by atoms with van der Waals surface area (Å²) in [6.07, 6.45) is -0.841. The SMILES string of the molecule is FC(F)(F)C1(NCc2cnc[nH]2)CC1. The molecule has 0 aliphatic heterocycles. The van der Waals surface area contributed by atoms with Crippen LogP contribution < -0.4 is 5.32 Å². The molecule has 0 atom stereocenters. The van der Waals surface area contributed by atoms with E-state index >= 15 is 0 Å². The van der Waals surface area contributed by atoms with E-state index in [1.54, 1.807) is 0 Å². The summed E-state index contributed by atoms with van der Waals surface area (Å²) in [5.41, 5.74) is -0.974. The molecule has 1 aliphatic rings. The second kappa shape index (κ2) is 2.98. The molecule has 1 aliphatic carbocycles. The van der Waals surface area contributed by atoms with Crippen molar-refractivity contribution in [3.63, 3.8) is 0 Å². The van der Waals surface area contributed by atoms with E-state index < -0.39 is 11.7 Å². The minimum atomic E-state index is -4.15. The fourth-order valence-electron chi connectivity index (χ4n) is 1.33. The molecule has 1 aromatic heterocycles. The zero-order chi connectivity index (χ0) is 10.2. The van der Waals surface area contributed by atoms with Gasteiger partial charge in [-0.3, -0.25) is 5.32 Å². The van der Waals surface area contributed by atoms with Crippen molar-refractivity contribution in [3.05, 3.63) is 18.2 Å². The number of alkyl halides is 3. The maximum atomic E-state index is 12.4. The molecular formula is C8H10F3N3. The first-order chi connectivity index (χ1) is 6.54. The van der Waals surface area contributed by atoms with Gasteiger partial charge < -0.3 is 4.98 Å². The Bertz CT molecular complexity index is 300. The summed E-state index contributed by atoms with van der Waals surface area (Å²) in [6, 6.07) is 0. The van der Waals surface area contributed by atoms with Crippen molar-refractivity contribution < 1.29 is 13.2 Å². The lowest BCUT2D eigenvalue weighted by Crippen LogP contribution is -2.44. The number of nitrogens with zero attached hydrogens (tertiary/aromatic N) is 1. The average Bonchev–Trinajstić information content (AvgIpc) is 2.72. The molecule has 0 saturated heterocycles. The normalized spacial score (nSPS) is 19.6. The first kappa shape index (κ1) is 9.51. The number of aromatic nitrogens is 2. The summed E-state index contributed by atoms with van der Waals surface area (Å²) in [5.74, 6) is 0. The Morgan fingerprint density at radius 3 is 2.64 bits per heavy atom. The maximum absolute atomic E-state index is 12.4. The molecule has 1 saturated carbocycles. The lowest BCUT2D eigenvalue weighted by molar-refractivity contribution is -0.166. The second-order valence-corrected chi connectivity index (χ2v) is 3.51. The summed E-state index contributed by atoms with van der Waals surface area (Å²) >= 11 is 0. The van der Waals surface area contributed by atoms with Crippen LogP contribution in [0.25, 0.3) is 0 Å². The second-order valence-electron chi connectivity index (χ2n) is 3.51. The first-order valence-electron chi connectivity index (χ1n) is 4.32. The quantitative estimate of drug-likeness (QED) is 0.786. The van der Waals surface area contributed by atoms with Gasteiger partial charge in [-0.2, -0.15) is 13.2 Å². The highest BCUT2D eigenvalue weighted by Crippen LogP contribution is 2.48. The minimum Gasteiger partial charge on any atom is -0.347 e. The van der Waals surface area contributed by atoms with E-state index in [-0.39, 0.29) is 19.4 Å². The van der Waals surface area contributed by atoms with Crippen LogP contribution in [0.4, 0.5) is 13.2 Å². The summed E-state index contributed by atoms with van der Waals surface area (Å²) in [5, 5.41) is 2.52. The van der Waals surface area contributed by atoms with Crippen LogP contribution in [0, 0.1) is 0 Å². The molecular weight excluding hydrogens is 195 g/mol. The Hall–Kier alpha value is -1.04. The molecule has 78 valence electrons. The van der Waals surface area contributed by atoms with Gasteiger partial charge in [0, 0.05) is 18.4 Å². The highest BCUT2D eigenvalue weighted by molar-refractivity contribution is 5.09. The van der Waals surface area contributed by atoms with Crippen LogP contribution in [0.3, 0.4) is 0 Å². The van der Waals surface area contributed by atoms with Gasteiger partial charge in [0.15, 0.2) is 0 Å². The number of aromatic amines is 1. The van der Waals surface area contributed by atoms with Crippen molar-refractivity contribution >= 4 is 0 Å². The molecule has 0 bridgehead atoms. The van der Waals surface area contributed by atoms with Crippen molar-refractivity contribution in [1.29, 1.82) is 0 Å². The number of H-pyrrole nitrogens is 1. The van der Waals surface area contributed by atoms with Crippen molar-refractivity contribution in [2.24, 2.45) is 0 Å². The lowest BCUT2D eigenvalue weighted by Gasteiger charge is -2.20. The van der Waals surface area contributed by atoms with Gasteiger partial charge in [0.2, 0.25) is 0 Å². The van der Waals surface area contributed by atoms with Crippen molar-refractivity contribution in [3.8, 4) is 0 Å². The predicted molar refractivity (Wildman–Crippen MR) is 43.4 cm³/mol. The molecule has 14 heavy (non-hydrogen) atoms. The number of hydrogen-bond acceptors (Lipinski definition) is 2.